The Morgan fingerprint density at radius 1 is 0.885 bits per heavy atom. The van der Waals surface area contributed by atoms with Gasteiger partial charge in [-0.15, -0.1) is 0 Å². The lowest BCUT2D eigenvalue weighted by atomic mass is 10.1. The lowest BCUT2D eigenvalue weighted by Gasteiger charge is -2.34. The molecule has 2 aromatic carbocycles. The number of para-hydroxylation sites is 1. The minimum Gasteiger partial charge on any atom is -0.484 e. The van der Waals surface area contributed by atoms with Crippen molar-refractivity contribution in [1.29, 1.82) is 0 Å². The highest BCUT2D eigenvalue weighted by molar-refractivity contribution is 5.80. The number of hydrogen-bond donors (Lipinski definition) is 0. The van der Waals surface area contributed by atoms with Crippen LogP contribution in [0.25, 0.3) is 0 Å². The SMILES string of the molecule is O=C(COc1ccccc1)N1CCN(C(=O)Cc2cccc(F)c2)CC1. The normalized spacial score (nSPS) is 14.2. The maximum absolute atomic E-state index is 13.2. The Bertz CT molecular complexity index is 759. The van der Waals surface area contributed by atoms with E-state index < -0.39 is 0 Å². The van der Waals surface area contributed by atoms with Crippen molar-refractivity contribution in [3.05, 3.63) is 66.0 Å². The van der Waals surface area contributed by atoms with Crippen LogP contribution in [0, 0.1) is 5.82 Å². The van der Waals surface area contributed by atoms with Crippen LogP contribution < -0.4 is 4.74 Å². The quantitative estimate of drug-likeness (QED) is 0.825. The average Bonchev–Trinajstić information content (AvgIpc) is 2.67. The number of nitrogens with zero attached hydrogens (tertiary/aromatic N) is 2. The van der Waals surface area contributed by atoms with Crippen molar-refractivity contribution in [2.24, 2.45) is 0 Å². The second-order valence-electron chi connectivity index (χ2n) is 6.17. The van der Waals surface area contributed by atoms with Crippen molar-refractivity contribution in [1.82, 2.24) is 9.80 Å². The summed E-state index contributed by atoms with van der Waals surface area (Å²) in [5, 5.41) is 0. The molecule has 0 radical (unpaired) electrons. The molecule has 0 spiro atoms. The fourth-order valence-electron chi connectivity index (χ4n) is 2.89. The van der Waals surface area contributed by atoms with Crippen LogP contribution in [0.5, 0.6) is 5.75 Å². The van der Waals surface area contributed by atoms with Gasteiger partial charge in [0.25, 0.3) is 5.91 Å². The third-order valence-corrected chi connectivity index (χ3v) is 4.33. The Morgan fingerprint density at radius 2 is 1.54 bits per heavy atom. The number of piperazine rings is 1. The first kappa shape index (κ1) is 17.9. The molecule has 2 amide bonds. The standard InChI is InChI=1S/C20H21FN2O3/c21-17-6-4-5-16(13-17)14-19(24)22-9-11-23(12-10-22)20(25)15-26-18-7-2-1-3-8-18/h1-8,13H,9-12,14-15H2. The first-order valence-corrected chi connectivity index (χ1v) is 8.59. The number of carbonyl (C=O) groups excluding carboxylic acids is 2. The van der Waals surface area contributed by atoms with Crippen molar-refractivity contribution in [2.75, 3.05) is 32.8 Å². The van der Waals surface area contributed by atoms with Crippen LogP contribution in [0.2, 0.25) is 0 Å². The minimum absolute atomic E-state index is 0.0126. The summed E-state index contributed by atoms with van der Waals surface area (Å²) in [6.45, 7) is 1.90. The summed E-state index contributed by atoms with van der Waals surface area (Å²) in [7, 11) is 0. The van der Waals surface area contributed by atoms with Crippen LogP contribution in [0.3, 0.4) is 0 Å². The van der Waals surface area contributed by atoms with E-state index in [4.69, 9.17) is 4.74 Å². The molecule has 1 aliphatic heterocycles. The van der Waals surface area contributed by atoms with Gasteiger partial charge in [0, 0.05) is 26.2 Å². The molecule has 5 nitrogen and oxygen atoms in total. The predicted molar refractivity (Wildman–Crippen MR) is 95.2 cm³/mol. The van der Waals surface area contributed by atoms with Gasteiger partial charge in [-0.05, 0) is 29.8 Å². The van der Waals surface area contributed by atoms with Gasteiger partial charge in [-0.2, -0.15) is 0 Å². The lowest BCUT2D eigenvalue weighted by molar-refractivity contribution is -0.140. The van der Waals surface area contributed by atoms with E-state index in [1.165, 1.54) is 12.1 Å². The molecule has 0 aliphatic carbocycles. The molecule has 26 heavy (non-hydrogen) atoms. The number of benzene rings is 2. The van der Waals surface area contributed by atoms with Crippen molar-refractivity contribution in [2.45, 2.75) is 6.42 Å². The fraction of sp³-hybridized carbons (Fsp3) is 0.300. The van der Waals surface area contributed by atoms with Crippen LogP contribution in [0.15, 0.2) is 54.6 Å². The second-order valence-corrected chi connectivity index (χ2v) is 6.17. The van der Waals surface area contributed by atoms with Gasteiger partial charge in [-0.3, -0.25) is 9.59 Å². The van der Waals surface area contributed by atoms with Crippen LogP contribution >= 0.6 is 0 Å². The molecule has 1 heterocycles. The summed E-state index contributed by atoms with van der Waals surface area (Å²) in [4.78, 5) is 28.0. The summed E-state index contributed by atoms with van der Waals surface area (Å²) in [5.74, 6) is 0.170. The number of amides is 2. The summed E-state index contributed by atoms with van der Waals surface area (Å²) in [5.41, 5.74) is 0.657. The molecule has 2 aromatic rings. The molecular weight excluding hydrogens is 335 g/mol. The van der Waals surface area contributed by atoms with E-state index in [0.29, 0.717) is 37.5 Å². The van der Waals surface area contributed by atoms with Gasteiger partial charge >= 0.3 is 0 Å². The minimum atomic E-state index is -0.343. The Morgan fingerprint density at radius 3 is 2.19 bits per heavy atom. The first-order chi connectivity index (χ1) is 12.6. The van der Waals surface area contributed by atoms with E-state index >= 15 is 0 Å². The molecule has 0 saturated carbocycles. The summed E-state index contributed by atoms with van der Waals surface area (Å²) in [6, 6.07) is 15.3. The molecule has 1 fully saturated rings. The molecule has 0 N–H and O–H groups in total. The van der Waals surface area contributed by atoms with Gasteiger partial charge in [0.15, 0.2) is 6.61 Å². The highest BCUT2D eigenvalue weighted by atomic mass is 19.1. The van der Waals surface area contributed by atoms with Crippen LogP contribution in [-0.2, 0) is 16.0 Å². The van der Waals surface area contributed by atoms with E-state index in [1.54, 1.807) is 34.1 Å². The summed E-state index contributed by atoms with van der Waals surface area (Å²) >= 11 is 0. The second kappa shape index (κ2) is 8.47. The van der Waals surface area contributed by atoms with E-state index in [9.17, 15) is 14.0 Å². The molecule has 3 rings (SSSR count). The zero-order valence-electron chi connectivity index (χ0n) is 14.4. The van der Waals surface area contributed by atoms with Crippen LogP contribution in [0.4, 0.5) is 4.39 Å². The van der Waals surface area contributed by atoms with Gasteiger partial charge in [0.2, 0.25) is 5.91 Å². The van der Waals surface area contributed by atoms with Crippen LogP contribution in [0.1, 0.15) is 5.56 Å². The van der Waals surface area contributed by atoms with E-state index in [1.807, 2.05) is 18.2 Å². The maximum Gasteiger partial charge on any atom is 0.260 e. The third-order valence-electron chi connectivity index (χ3n) is 4.33. The first-order valence-electron chi connectivity index (χ1n) is 8.59. The van der Waals surface area contributed by atoms with Gasteiger partial charge < -0.3 is 14.5 Å². The topological polar surface area (TPSA) is 49.9 Å². The Hall–Kier alpha value is -2.89. The summed E-state index contributed by atoms with van der Waals surface area (Å²) in [6.07, 6.45) is 0.169. The average molecular weight is 356 g/mol. The van der Waals surface area contributed by atoms with Crippen molar-refractivity contribution >= 4 is 11.8 Å². The molecule has 0 bridgehead atoms. The van der Waals surface area contributed by atoms with Gasteiger partial charge in [0.05, 0.1) is 6.42 Å². The van der Waals surface area contributed by atoms with Crippen molar-refractivity contribution in [3.8, 4) is 5.75 Å². The molecule has 136 valence electrons. The molecule has 0 unspecified atom stereocenters. The lowest BCUT2D eigenvalue weighted by Crippen LogP contribution is -2.52. The molecule has 0 aromatic heterocycles. The smallest absolute Gasteiger partial charge is 0.260 e. The molecule has 6 heteroatoms. The number of hydrogen-bond acceptors (Lipinski definition) is 3. The van der Waals surface area contributed by atoms with Gasteiger partial charge in [-0.1, -0.05) is 30.3 Å². The van der Waals surface area contributed by atoms with Crippen molar-refractivity contribution in [3.63, 3.8) is 0 Å². The largest absolute Gasteiger partial charge is 0.484 e. The molecule has 0 atom stereocenters. The highest BCUT2D eigenvalue weighted by Crippen LogP contribution is 2.11. The zero-order valence-corrected chi connectivity index (χ0v) is 14.4. The van der Waals surface area contributed by atoms with E-state index in [-0.39, 0.29) is 30.7 Å². The summed E-state index contributed by atoms with van der Waals surface area (Å²) < 4.78 is 18.7. The van der Waals surface area contributed by atoms with Crippen LogP contribution in [-0.4, -0.2) is 54.4 Å². The number of halogens is 1. The third kappa shape index (κ3) is 4.81. The van der Waals surface area contributed by atoms with Crippen molar-refractivity contribution < 1.29 is 18.7 Å². The Balaban J connectivity index is 1.44. The molecule has 1 saturated heterocycles. The van der Waals surface area contributed by atoms with Gasteiger partial charge in [-0.25, -0.2) is 4.39 Å². The maximum atomic E-state index is 13.2. The molecule has 1 aliphatic rings. The number of rotatable bonds is 5. The monoisotopic (exact) mass is 356 g/mol. The fourth-order valence-corrected chi connectivity index (χ4v) is 2.89. The van der Waals surface area contributed by atoms with E-state index in [0.717, 1.165) is 0 Å². The van der Waals surface area contributed by atoms with E-state index in [2.05, 4.69) is 0 Å². The Labute approximate surface area is 152 Å². The predicted octanol–water partition coefficient (Wildman–Crippen LogP) is 2.12. The Kier molecular flexibility index (Phi) is 5.84. The zero-order chi connectivity index (χ0) is 18.4. The number of ether oxygens (including phenoxy) is 1. The van der Waals surface area contributed by atoms with Gasteiger partial charge in [0.1, 0.15) is 11.6 Å². The number of carbonyl (C=O) groups is 2. The molecular formula is C20H21FN2O3. The highest BCUT2D eigenvalue weighted by Gasteiger charge is 2.24.